The van der Waals surface area contributed by atoms with Crippen LogP contribution in [0.2, 0.25) is 0 Å². The first-order chi connectivity index (χ1) is 12.7. The van der Waals surface area contributed by atoms with Crippen LogP contribution in [-0.2, 0) is 11.3 Å². The normalized spacial score (nSPS) is 11.7. The smallest absolute Gasteiger partial charge is 0.286 e. The maximum Gasteiger partial charge on any atom is 0.286 e. The summed E-state index contributed by atoms with van der Waals surface area (Å²) in [6.07, 6.45) is 0.959. The summed E-state index contributed by atoms with van der Waals surface area (Å²) in [5, 5.41) is 0. The van der Waals surface area contributed by atoms with E-state index in [4.69, 9.17) is 9.47 Å². The number of amides is 1. The summed E-state index contributed by atoms with van der Waals surface area (Å²) in [5.74, 6) is 1.20. The lowest BCUT2D eigenvalue weighted by atomic mass is 10.3. The van der Waals surface area contributed by atoms with Crippen LogP contribution >= 0.6 is 11.3 Å². The van der Waals surface area contributed by atoms with Crippen LogP contribution in [0.5, 0.6) is 11.5 Å². The molecule has 3 aromatic rings. The SMILES string of the molecule is CCCn1c(=NC(=O)COc2ccccc2)sc2cc(OCC)ccc21. The number of benzene rings is 2. The van der Waals surface area contributed by atoms with Crippen molar-refractivity contribution in [2.24, 2.45) is 4.99 Å². The number of aryl methyl sites for hydroxylation is 1. The Morgan fingerprint density at radius 3 is 2.62 bits per heavy atom. The fraction of sp³-hybridized carbons (Fsp3) is 0.300. The van der Waals surface area contributed by atoms with Gasteiger partial charge in [0, 0.05) is 6.54 Å². The number of para-hydroxylation sites is 1. The summed E-state index contributed by atoms with van der Waals surface area (Å²) in [6, 6.07) is 15.3. The lowest BCUT2D eigenvalue weighted by Crippen LogP contribution is -2.19. The highest BCUT2D eigenvalue weighted by molar-refractivity contribution is 7.16. The van der Waals surface area contributed by atoms with Gasteiger partial charge >= 0.3 is 0 Å². The summed E-state index contributed by atoms with van der Waals surface area (Å²) < 4.78 is 14.2. The van der Waals surface area contributed by atoms with Gasteiger partial charge in [0.25, 0.3) is 5.91 Å². The van der Waals surface area contributed by atoms with Gasteiger partial charge in [0.1, 0.15) is 11.5 Å². The molecule has 26 heavy (non-hydrogen) atoms. The summed E-state index contributed by atoms with van der Waals surface area (Å²) >= 11 is 1.49. The van der Waals surface area contributed by atoms with Crippen LogP contribution in [0.1, 0.15) is 20.3 Å². The largest absolute Gasteiger partial charge is 0.494 e. The van der Waals surface area contributed by atoms with Crippen LogP contribution in [-0.4, -0.2) is 23.7 Å². The quantitative estimate of drug-likeness (QED) is 0.631. The molecule has 0 unspecified atom stereocenters. The molecule has 0 atom stereocenters. The lowest BCUT2D eigenvalue weighted by molar-refractivity contribution is -0.120. The molecule has 0 radical (unpaired) electrons. The van der Waals surface area contributed by atoms with E-state index < -0.39 is 0 Å². The fourth-order valence-corrected chi connectivity index (χ4v) is 3.74. The van der Waals surface area contributed by atoms with Crippen LogP contribution in [0.4, 0.5) is 0 Å². The third-order valence-electron chi connectivity index (χ3n) is 3.74. The number of carbonyl (C=O) groups excluding carboxylic acids is 1. The van der Waals surface area contributed by atoms with Gasteiger partial charge in [0.15, 0.2) is 11.4 Å². The minimum absolute atomic E-state index is 0.0748. The van der Waals surface area contributed by atoms with Crippen molar-refractivity contribution < 1.29 is 14.3 Å². The second kappa shape index (κ2) is 8.67. The van der Waals surface area contributed by atoms with E-state index in [1.54, 1.807) is 0 Å². The van der Waals surface area contributed by atoms with Crippen molar-refractivity contribution in [3.05, 3.63) is 53.3 Å². The van der Waals surface area contributed by atoms with Gasteiger partial charge in [0.2, 0.25) is 0 Å². The van der Waals surface area contributed by atoms with E-state index in [0.29, 0.717) is 17.2 Å². The Morgan fingerprint density at radius 2 is 1.88 bits per heavy atom. The maximum absolute atomic E-state index is 12.3. The number of hydrogen-bond donors (Lipinski definition) is 0. The monoisotopic (exact) mass is 370 g/mol. The zero-order valence-corrected chi connectivity index (χ0v) is 15.8. The fourth-order valence-electron chi connectivity index (χ4n) is 2.64. The molecule has 0 N–H and O–H groups in total. The highest BCUT2D eigenvalue weighted by atomic mass is 32.1. The lowest BCUT2D eigenvalue weighted by Gasteiger charge is -2.05. The van der Waals surface area contributed by atoms with Crippen LogP contribution in [0.3, 0.4) is 0 Å². The average Bonchev–Trinajstić information content (AvgIpc) is 2.98. The highest BCUT2D eigenvalue weighted by Gasteiger charge is 2.09. The molecule has 1 amide bonds. The van der Waals surface area contributed by atoms with E-state index in [-0.39, 0.29) is 12.5 Å². The molecule has 1 aromatic heterocycles. The molecular formula is C20H22N2O3S. The van der Waals surface area contributed by atoms with Crippen LogP contribution in [0.15, 0.2) is 53.5 Å². The van der Waals surface area contributed by atoms with E-state index in [1.807, 2.05) is 55.5 Å². The van der Waals surface area contributed by atoms with Gasteiger partial charge in [-0.3, -0.25) is 4.79 Å². The average molecular weight is 370 g/mol. The topological polar surface area (TPSA) is 52.8 Å². The summed E-state index contributed by atoms with van der Waals surface area (Å²) in [6.45, 7) is 5.42. The number of hydrogen-bond acceptors (Lipinski definition) is 4. The summed E-state index contributed by atoms with van der Waals surface area (Å²) in [5.41, 5.74) is 1.07. The third kappa shape index (κ3) is 4.32. The van der Waals surface area contributed by atoms with E-state index in [1.165, 1.54) is 11.3 Å². The van der Waals surface area contributed by atoms with Gasteiger partial charge in [-0.05, 0) is 43.7 Å². The predicted octanol–water partition coefficient (Wildman–Crippen LogP) is 4.02. The molecule has 136 valence electrons. The first-order valence-electron chi connectivity index (χ1n) is 8.73. The van der Waals surface area contributed by atoms with Gasteiger partial charge in [-0.15, -0.1) is 0 Å². The van der Waals surface area contributed by atoms with Crippen LogP contribution in [0, 0.1) is 0 Å². The molecule has 0 saturated heterocycles. The first-order valence-corrected chi connectivity index (χ1v) is 9.54. The number of nitrogens with zero attached hydrogens (tertiary/aromatic N) is 2. The van der Waals surface area contributed by atoms with Crippen LogP contribution < -0.4 is 14.3 Å². The van der Waals surface area contributed by atoms with Gasteiger partial charge in [0.05, 0.1) is 16.8 Å². The van der Waals surface area contributed by atoms with Gasteiger partial charge < -0.3 is 14.0 Å². The van der Waals surface area contributed by atoms with E-state index >= 15 is 0 Å². The number of fused-ring (bicyclic) bond motifs is 1. The summed E-state index contributed by atoms with van der Waals surface area (Å²) in [4.78, 5) is 17.2. The molecule has 2 aromatic carbocycles. The molecule has 0 spiro atoms. The Bertz CT molecular complexity index is 945. The Kier molecular flexibility index (Phi) is 6.07. The molecule has 0 aliphatic rings. The van der Waals surface area contributed by atoms with Gasteiger partial charge in [-0.1, -0.05) is 36.5 Å². The molecule has 1 heterocycles. The molecule has 0 aliphatic heterocycles. The standard InChI is InChI=1S/C20H22N2O3S/c1-3-12-22-17-11-10-16(24-4-2)13-18(17)26-20(22)21-19(23)14-25-15-8-6-5-7-9-15/h5-11,13H,3-4,12,14H2,1-2H3. The number of carbonyl (C=O) groups is 1. The Labute approximate surface area is 156 Å². The van der Waals surface area contributed by atoms with E-state index in [0.717, 1.165) is 28.9 Å². The van der Waals surface area contributed by atoms with Gasteiger partial charge in [-0.2, -0.15) is 4.99 Å². The minimum atomic E-state index is -0.296. The van der Waals surface area contributed by atoms with Crippen LogP contribution in [0.25, 0.3) is 10.2 Å². The number of aromatic nitrogens is 1. The van der Waals surface area contributed by atoms with E-state index in [2.05, 4.69) is 16.5 Å². The van der Waals surface area contributed by atoms with Crippen molar-refractivity contribution in [2.75, 3.05) is 13.2 Å². The van der Waals surface area contributed by atoms with Crippen molar-refractivity contribution >= 4 is 27.5 Å². The minimum Gasteiger partial charge on any atom is -0.494 e. The molecule has 0 saturated carbocycles. The molecule has 0 aliphatic carbocycles. The molecule has 3 rings (SSSR count). The molecule has 5 nitrogen and oxygen atoms in total. The number of rotatable bonds is 7. The van der Waals surface area contributed by atoms with Crippen molar-refractivity contribution in [1.29, 1.82) is 0 Å². The first kappa shape index (κ1) is 18.2. The van der Waals surface area contributed by atoms with E-state index in [9.17, 15) is 4.79 Å². The van der Waals surface area contributed by atoms with Crippen molar-refractivity contribution in [3.63, 3.8) is 0 Å². The van der Waals surface area contributed by atoms with Crippen molar-refractivity contribution in [2.45, 2.75) is 26.8 Å². The molecule has 0 bridgehead atoms. The highest BCUT2D eigenvalue weighted by Crippen LogP contribution is 2.23. The second-order valence-electron chi connectivity index (χ2n) is 5.71. The predicted molar refractivity (Wildman–Crippen MR) is 104 cm³/mol. The number of thiazole rings is 1. The Morgan fingerprint density at radius 1 is 1.08 bits per heavy atom. The van der Waals surface area contributed by atoms with Gasteiger partial charge in [-0.25, -0.2) is 0 Å². The Balaban J connectivity index is 1.87. The Hall–Kier alpha value is -2.60. The zero-order chi connectivity index (χ0) is 18.4. The third-order valence-corrected chi connectivity index (χ3v) is 4.78. The molecule has 0 fully saturated rings. The zero-order valence-electron chi connectivity index (χ0n) is 15.0. The number of ether oxygens (including phenoxy) is 2. The second-order valence-corrected chi connectivity index (χ2v) is 6.72. The van der Waals surface area contributed by atoms with Crippen molar-refractivity contribution in [1.82, 2.24) is 4.57 Å². The molecule has 6 heteroatoms. The van der Waals surface area contributed by atoms with Crippen molar-refractivity contribution in [3.8, 4) is 11.5 Å². The summed E-state index contributed by atoms with van der Waals surface area (Å²) in [7, 11) is 0. The molecular weight excluding hydrogens is 348 g/mol. The maximum atomic E-state index is 12.3.